The minimum absolute atomic E-state index is 0.0624. The maximum Gasteiger partial charge on any atom is 0.338 e. The molecule has 0 saturated heterocycles. The summed E-state index contributed by atoms with van der Waals surface area (Å²) in [6.45, 7) is 2.20. The number of hydrogen-bond donors (Lipinski definition) is 1. The molecule has 2 aromatic carbocycles. The van der Waals surface area contributed by atoms with Gasteiger partial charge in [0.25, 0.3) is 0 Å². The van der Waals surface area contributed by atoms with Gasteiger partial charge < -0.3 is 24.4 Å². The number of ether oxygens (including phenoxy) is 3. The molecule has 37 heavy (non-hydrogen) atoms. The molecule has 2 aliphatic heterocycles. The zero-order valence-corrected chi connectivity index (χ0v) is 21.9. The number of nitrogens with one attached hydrogen (secondary N) is 1. The number of amides is 1. The van der Waals surface area contributed by atoms with Crippen molar-refractivity contribution in [3.05, 3.63) is 81.8 Å². The summed E-state index contributed by atoms with van der Waals surface area (Å²) in [4.78, 5) is 32.6. The van der Waals surface area contributed by atoms with Gasteiger partial charge in [0.15, 0.2) is 16.7 Å². The van der Waals surface area contributed by atoms with Gasteiger partial charge in [-0.1, -0.05) is 36.9 Å². The Morgan fingerprint density at radius 1 is 1.08 bits per heavy atom. The van der Waals surface area contributed by atoms with E-state index in [1.807, 2.05) is 29.4 Å². The predicted molar refractivity (Wildman–Crippen MR) is 139 cm³/mol. The van der Waals surface area contributed by atoms with Gasteiger partial charge in [0, 0.05) is 12.2 Å². The van der Waals surface area contributed by atoms with E-state index in [4.69, 9.17) is 19.2 Å². The van der Waals surface area contributed by atoms with Gasteiger partial charge in [-0.3, -0.25) is 4.79 Å². The lowest BCUT2D eigenvalue weighted by atomic mass is 9.92. The van der Waals surface area contributed by atoms with Crippen LogP contribution in [0.1, 0.15) is 36.9 Å². The molecule has 1 amide bonds. The number of rotatable bonds is 9. The van der Waals surface area contributed by atoms with Crippen molar-refractivity contribution in [3.63, 3.8) is 0 Å². The second-order valence-electron chi connectivity index (χ2n) is 8.29. The fraction of sp³-hybridized carbons (Fsp3) is 0.296. The number of benzene rings is 2. The monoisotopic (exact) mass is 525 g/mol. The van der Waals surface area contributed by atoms with E-state index in [9.17, 15) is 14.0 Å². The van der Waals surface area contributed by atoms with Crippen LogP contribution < -0.4 is 14.8 Å². The molecule has 2 aromatic rings. The number of methoxy groups -OCH3 is 3. The van der Waals surface area contributed by atoms with E-state index in [0.29, 0.717) is 40.1 Å². The number of thioether (sulfide) groups is 1. The number of carbonyl (C=O) groups is 2. The highest BCUT2D eigenvalue weighted by Gasteiger charge is 2.41. The summed E-state index contributed by atoms with van der Waals surface area (Å²) in [6, 6.07) is 10.8. The van der Waals surface area contributed by atoms with Crippen LogP contribution >= 0.6 is 11.8 Å². The minimum Gasteiger partial charge on any atom is -0.493 e. The Labute approximate surface area is 219 Å². The lowest BCUT2D eigenvalue weighted by Gasteiger charge is -2.36. The normalized spacial score (nSPS) is 16.6. The molecular formula is C27H28FN3O5S. The summed E-state index contributed by atoms with van der Waals surface area (Å²) in [6.07, 6.45) is 0.590. The van der Waals surface area contributed by atoms with Gasteiger partial charge in [0.2, 0.25) is 5.91 Å². The third-order valence-corrected chi connectivity index (χ3v) is 6.99. The number of esters is 1. The van der Waals surface area contributed by atoms with E-state index < -0.39 is 12.0 Å². The fourth-order valence-electron chi connectivity index (χ4n) is 4.28. The number of fused-ring (bicyclic) bond motifs is 1. The van der Waals surface area contributed by atoms with Crippen molar-refractivity contribution < 1.29 is 28.2 Å². The average molecular weight is 526 g/mol. The second kappa shape index (κ2) is 11.5. The Balaban J connectivity index is 1.66. The zero-order chi connectivity index (χ0) is 26.5. The Morgan fingerprint density at radius 2 is 1.81 bits per heavy atom. The summed E-state index contributed by atoms with van der Waals surface area (Å²) in [5, 5.41) is 5.42. The zero-order valence-electron chi connectivity index (χ0n) is 21.0. The SMILES string of the molecule is CCC1=C(C(=O)OC)C(c2ccc(OC)c(OC)c2)N2C(CC(=O)NCc3ccc(F)cc3)=CSC2=N1. The lowest BCUT2D eigenvalue weighted by Crippen LogP contribution is -2.38. The molecule has 2 aliphatic rings. The minimum atomic E-state index is -0.583. The first-order chi connectivity index (χ1) is 17.9. The van der Waals surface area contributed by atoms with Crippen LogP contribution in [0.25, 0.3) is 0 Å². The van der Waals surface area contributed by atoms with E-state index >= 15 is 0 Å². The van der Waals surface area contributed by atoms with Gasteiger partial charge in [-0.2, -0.15) is 0 Å². The molecule has 194 valence electrons. The molecule has 8 nitrogen and oxygen atoms in total. The molecule has 1 N–H and O–H groups in total. The topological polar surface area (TPSA) is 89.5 Å². The number of halogens is 1. The van der Waals surface area contributed by atoms with Crippen molar-refractivity contribution in [2.75, 3.05) is 21.3 Å². The highest BCUT2D eigenvalue weighted by Crippen LogP contribution is 2.46. The van der Waals surface area contributed by atoms with Crippen molar-refractivity contribution in [2.24, 2.45) is 4.99 Å². The maximum atomic E-state index is 13.2. The molecule has 2 heterocycles. The molecule has 0 bridgehead atoms. The van der Waals surface area contributed by atoms with Crippen molar-refractivity contribution in [2.45, 2.75) is 32.4 Å². The molecule has 4 rings (SSSR count). The molecule has 1 atom stereocenters. The van der Waals surface area contributed by atoms with Gasteiger partial charge in [-0.25, -0.2) is 14.2 Å². The quantitative estimate of drug-likeness (QED) is 0.475. The first-order valence-corrected chi connectivity index (χ1v) is 12.6. The summed E-state index contributed by atoms with van der Waals surface area (Å²) in [7, 11) is 4.44. The van der Waals surface area contributed by atoms with E-state index in [2.05, 4.69) is 5.32 Å². The van der Waals surface area contributed by atoms with Crippen molar-refractivity contribution in [1.82, 2.24) is 10.2 Å². The number of amidine groups is 1. The van der Waals surface area contributed by atoms with Gasteiger partial charge in [0.1, 0.15) is 5.82 Å². The third-order valence-electron chi connectivity index (χ3n) is 6.10. The first kappa shape index (κ1) is 26.3. The van der Waals surface area contributed by atoms with Gasteiger partial charge >= 0.3 is 5.97 Å². The second-order valence-corrected chi connectivity index (χ2v) is 9.13. The lowest BCUT2D eigenvalue weighted by molar-refractivity contribution is -0.136. The summed E-state index contributed by atoms with van der Waals surface area (Å²) in [5.41, 5.74) is 3.27. The number of hydrogen-bond acceptors (Lipinski definition) is 8. The van der Waals surface area contributed by atoms with E-state index in [-0.39, 0.29) is 24.7 Å². The van der Waals surface area contributed by atoms with Gasteiger partial charge in [-0.15, -0.1) is 0 Å². The Kier molecular flexibility index (Phi) is 8.17. The van der Waals surface area contributed by atoms with Crippen LogP contribution in [0.3, 0.4) is 0 Å². The van der Waals surface area contributed by atoms with Crippen LogP contribution in [0.5, 0.6) is 11.5 Å². The van der Waals surface area contributed by atoms with Crippen LogP contribution in [0.4, 0.5) is 4.39 Å². The molecule has 0 radical (unpaired) electrons. The van der Waals surface area contributed by atoms with Crippen LogP contribution in [0.2, 0.25) is 0 Å². The van der Waals surface area contributed by atoms with Crippen molar-refractivity contribution >= 4 is 28.8 Å². The van der Waals surface area contributed by atoms with Gasteiger partial charge in [-0.05, 0) is 47.2 Å². The smallest absolute Gasteiger partial charge is 0.338 e. The Bertz CT molecular complexity index is 1290. The molecule has 0 spiro atoms. The highest BCUT2D eigenvalue weighted by atomic mass is 32.2. The molecule has 0 aromatic heterocycles. The van der Waals surface area contributed by atoms with Crippen LogP contribution in [0, 0.1) is 5.82 Å². The van der Waals surface area contributed by atoms with E-state index in [1.54, 1.807) is 32.4 Å². The van der Waals surface area contributed by atoms with E-state index in [0.717, 1.165) is 11.1 Å². The Morgan fingerprint density at radius 3 is 2.46 bits per heavy atom. The van der Waals surface area contributed by atoms with Crippen molar-refractivity contribution in [1.29, 1.82) is 0 Å². The first-order valence-electron chi connectivity index (χ1n) is 11.7. The average Bonchev–Trinajstić information content (AvgIpc) is 3.32. The number of aliphatic imine (C=N–C) groups is 1. The molecular weight excluding hydrogens is 497 g/mol. The summed E-state index contributed by atoms with van der Waals surface area (Å²) >= 11 is 1.40. The largest absolute Gasteiger partial charge is 0.493 e. The molecule has 0 saturated carbocycles. The molecule has 1 unspecified atom stereocenters. The summed E-state index contributed by atoms with van der Waals surface area (Å²) in [5.74, 6) is 0.0369. The Hall–Kier alpha value is -3.79. The maximum absolute atomic E-state index is 13.2. The number of carbonyl (C=O) groups excluding carboxylic acids is 2. The van der Waals surface area contributed by atoms with Crippen LogP contribution in [0.15, 0.2) is 69.8 Å². The highest BCUT2D eigenvalue weighted by molar-refractivity contribution is 8.16. The molecule has 10 heteroatoms. The van der Waals surface area contributed by atoms with Crippen LogP contribution in [-0.4, -0.2) is 43.3 Å². The van der Waals surface area contributed by atoms with Crippen LogP contribution in [-0.2, 0) is 20.9 Å². The number of allylic oxidation sites excluding steroid dienone is 1. The van der Waals surface area contributed by atoms with Gasteiger partial charge in [0.05, 0.1) is 45.1 Å². The third kappa shape index (κ3) is 5.48. The predicted octanol–water partition coefficient (Wildman–Crippen LogP) is 4.69. The van der Waals surface area contributed by atoms with Crippen molar-refractivity contribution in [3.8, 4) is 11.5 Å². The molecule has 0 fully saturated rings. The fourth-order valence-corrected chi connectivity index (χ4v) is 5.22. The van der Waals surface area contributed by atoms with E-state index in [1.165, 1.54) is 31.0 Å². The number of nitrogens with zero attached hydrogens (tertiary/aromatic N) is 2. The molecule has 0 aliphatic carbocycles. The standard InChI is InChI=1S/C27H28FN3O5S/c1-5-20-24(26(33)36-4)25(17-8-11-21(34-2)22(12-17)35-3)31-19(15-37-27(31)30-20)13-23(32)29-14-16-6-9-18(28)10-7-16/h6-12,15,25H,5,13-14H2,1-4H3,(H,29,32). The summed E-state index contributed by atoms with van der Waals surface area (Å²) < 4.78 is 29.2.